The van der Waals surface area contributed by atoms with E-state index in [-0.39, 0.29) is 37.2 Å². The predicted octanol–water partition coefficient (Wildman–Crippen LogP) is 5.30. The Bertz CT molecular complexity index is 1210. The third kappa shape index (κ3) is 6.37. The maximum atomic E-state index is 14.3. The fraction of sp³-hybridized carbons (Fsp3) is 0.379. The Hall–Kier alpha value is -3.23. The Morgan fingerprint density at radius 3 is 2.59 bits per heavy atom. The number of benzene rings is 2. The van der Waals surface area contributed by atoms with Crippen molar-refractivity contribution in [3.8, 4) is 5.75 Å². The molecule has 1 aromatic heterocycles. The van der Waals surface area contributed by atoms with Crippen LogP contribution in [-0.4, -0.2) is 61.6 Å². The van der Waals surface area contributed by atoms with Crippen molar-refractivity contribution in [3.05, 3.63) is 87.4 Å². The average molecular weight is 525 g/mol. The number of carbonyl (C=O) groups is 2. The van der Waals surface area contributed by atoms with Crippen LogP contribution in [0.5, 0.6) is 5.75 Å². The fourth-order valence-electron chi connectivity index (χ4n) is 4.51. The van der Waals surface area contributed by atoms with Crippen molar-refractivity contribution in [1.82, 2.24) is 9.80 Å². The van der Waals surface area contributed by atoms with E-state index in [4.69, 9.17) is 9.47 Å². The van der Waals surface area contributed by atoms with E-state index in [2.05, 4.69) is 26.0 Å². The molecule has 4 rings (SSSR count). The fourth-order valence-corrected chi connectivity index (χ4v) is 5.44. The number of rotatable bonds is 10. The van der Waals surface area contributed by atoms with Gasteiger partial charge in [0.2, 0.25) is 5.91 Å². The lowest BCUT2D eigenvalue weighted by molar-refractivity contribution is -0.135. The molecular formula is C29H33FN2O4S. The molecule has 0 aliphatic carbocycles. The van der Waals surface area contributed by atoms with Gasteiger partial charge in [-0.15, -0.1) is 11.3 Å². The summed E-state index contributed by atoms with van der Waals surface area (Å²) in [5, 5.41) is 2.04. The molecule has 0 radical (unpaired) electrons. The highest BCUT2D eigenvalue weighted by Crippen LogP contribution is 2.34. The maximum absolute atomic E-state index is 14.3. The van der Waals surface area contributed by atoms with E-state index in [1.54, 1.807) is 22.3 Å². The van der Waals surface area contributed by atoms with E-state index < -0.39 is 11.7 Å². The molecule has 37 heavy (non-hydrogen) atoms. The summed E-state index contributed by atoms with van der Waals surface area (Å²) >= 11 is 1.68. The molecule has 0 fully saturated rings. The Kier molecular flexibility index (Phi) is 8.95. The van der Waals surface area contributed by atoms with Gasteiger partial charge in [-0.05, 0) is 59.2 Å². The van der Waals surface area contributed by atoms with Gasteiger partial charge in [-0.2, -0.15) is 0 Å². The number of amides is 2. The van der Waals surface area contributed by atoms with Gasteiger partial charge < -0.3 is 19.3 Å². The first-order valence-electron chi connectivity index (χ1n) is 12.5. The van der Waals surface area contributed by atoms with Crippen LogP contribution in [0.15, 0.2) is 60.0 Å². The molecule has 0 spiro atoms. The summed E-state index contributed by atoms with van der Waals surface area (Å²) in [6.07, 6.45) is 0.748. The molecule has 196 valence electrons. The highest BCUT2D eigenvalue weighted by molar-refractivity contribution is 7.10. The van der Waals surface area contributed by atoms with Crippen LogP contribution >= 0.6 is 11.3 Å². The van der Waals surface area contributed by atoms with Crippen LogP contribution in [0.2, 0.25) is 0 Å². The lowest BCUT2D eigenvalue weighted by Gasteiger charge is -2.37. The summed E-state index contributed by atoms with van der Waals surface area (Å²) in [6.45, 7) is 5.36. The van der Waals surface area contributed by atoms with E-state index in [0.717, 1.165) is 17.7 Å². The quantitative estimate of drug-likeness (QED) is 0.361. The highest BCUT2D eigenvalue weighted by Gasteiger charge is 2.34. The summed E-state index contributed by atoms with van der Waals surface area (Å²) in [4.78, 5) is 31.1. The molecule has 1 aliphatic heterocycles. The van der Waals surface area contributed by atoms with E-state index >= 15 is 0 Å². The molecule has 0 saturated carbocycles. The third-order valence-electron chi connectivity index (χ3n) is 6.65. The van der Waals surface area contributed by atoms with E-state index in [0.29, 0.717) is 19.1 Å². The molecule has 2 heterocycles. The van der Waals surface area contributed by atoms with E-state index in [1.807, 2.05) is 23.6 Å². The van der Waals surface area contributed by atoms with Crippen molar-refractivity contribution in [1.29, 1.82) is 0 Å². The van der Waals surface area contributed by atoms with E-state index in [9.17, 15) is 14.0 Å². The van der Waals surface area contributed by atoms with Gasteiger partial charge in [0.05, 0.1) is 18.2 Å². The molecule has 2 aromatic carbocycles. The van der Waals surface area contributed by atoms with Gasteiger partial charge in [0.25, 0.3) is 5.91 Å². The van der Waals surface area contributed by atoms with Gasteiger partial charge in [-0.25, -0.2) is 4.39 Å². The van der Waals surface area contributed by atoms with Crippen LogP contribution in [0.1, 0.15) is 52.2 Å². The van der Waals surface area contributed by atoms with Gasteiger partial charge in [-0.3, -0.25) is 9.59 Å². The Labute approximate surface area is 221 Å². The Morgan fingerprint density at radius 2 is 1.89 bits per heavy atom. The number of halogens is 1. The van der Waals surface area contributed by atoms with Crippen molar-refractivity contribution in [3.63, 3.8) is 0 Å². The molecule has 1 aliphatic rings. The molecule has 6 nitrogen and oxygen atoms in total. The maximum Gasteiger partial charge on any atom is 0.257 e. The van der Waals surface area contributed by atoms with Gasteiger partial charge in [-0.1, -0.05) is 38.1 Å². The number of nitrogens with zero attached hydrogens (tertiary/aromatic N) is 2. The molecule has 8 heteroatoms. The molecule has 2 amide bonds. The first-order valence-corrected chi connectivity index (χ1v) is 13.4. The second kappa shape index (κ2) is 12.3. The van der Waals surface area contributed by atoms with Crippen LogP contribution in [0.3, 0.4) is 0 Å². The van der Waals surface area contributed by atoms with Gasteiger partial charge in [0.15, 0.2) is 0 Å². The van der Waals surface area contributed by atoms with Crippen LogP contribution in [-0.2, 0) is 16.0 Å². The first kappa shape index (κ1) is 26.8. The monoisotopic (exact) mass is 524 g/mol. The number of carbonyl (C=O) groups excluding carboxylic acids is 2. The second-order valence-electron chi connectivity index (χ2n) is 9.39. The number of methoxy groups -OCH3 is 1. The third-order valence-corrected chi connectivity index (χ3v) is 7.65. The van der Waals surface area contributed by atoms with E-state index in [1.165, 1.54) is 40.6 Å². The normalized spacial score (nSPS) is 14.9. The summed E-state index contributed by atoms with van der Waals surface area (Å²) in [6, 6.07) is 15.6. The standard InChI is InChI=1S/C29H33FN2O4S/c1-20(2)21-8-10-22(11-9-21)36-19-26-24-13-17-37-27(24)12-14-32(26)28(33)18-31(15-16-35-3)29(34)23-6-4-5-7-25(23)30/h4-11,13,17,20,26H,12,14-16,18-19H2,1-3H3. The number of fused-ring (bicyclic) bond motifs is 1. The molecule has 1 unspecified atom stereocenters. The minimum atomic E-state index is -0.613. The van der Waals surface area contributed by atoms with Crippen LogP contribution in [0.25, 0.3) is 0 Å². The highest BCUT2D eigenvalue weighted by atomic mass is 32.1. The van der Waals surface area contributed by atoms with Crippen LogP contribution in [0.4, 0.5) is 4.39 Å². The number of thiophene rings is 1. The second-order valence-corrected chi connectivity index (χ2v) is 10.4. The minimum Gasteiger partial charge on any atom is -0.491 e. The lowest BCUT2D eigenvalue weighted by atomic mass is 10.00. The molecule has 3 aromatic rings. The summed E-state index contributed by atoms with van der Waals surface area (Å²) in [5.41, 5.74) is 2.25. The number of hydrogen-bond donors (Lipinski definition) is 0. The number of hydrogen-bond acceptors (Lipinski definition) is 5. The largest absolute Gasteiger partial charge is 0.491 e. The minimum absolute atomic E-state index is 0.0603. The molecule has 0 saturated heterocycles. The predicted molar refractivity (Wildman–Crippen MR) is 143 cm³/mol. The molecule has 0 N–H and O–H groups in total. The van der Waals surface area contributed by atoms with Crippen LogP contribution in [0, 0.1) is 5.82 Å². The first-order chi connectivity index (χ1) is 17.9. The van der Waals surface area contributed by atoms with Crippen molar-refractivity contribution in [2.75, 3.05) is 40.0 Å². The Balaban J connectivity index is 1.51. The zero-order chi connectivity index (χ0) is 26.4. The zero-order valence-corrected chi connectivity index (χ0v) is 22.3. The Morgan fingerprint density at radius 1 is 1.14 bits per heavy atom. The smallest absolute Gasteiger partial charge is 0.257 e. The zero-order valence-electron chi connectivity index (χ0n) is 21.5. The number of ether oxygens (including phenoxy) is 2. The SMILES string of the molecule is COCCN(CC(=O)N1CCc2sccc2C1COc1ccc(C(C)C)cc1)C(=O)c1ccccc1F. The summed E-state index contributed by atoms with van der Waals surface area (Å²) < 4.78 is 25.6. The van der Waals surface area contributed by atoms with Crippen molar-refractivity contribution < 1.29 is 23.5 Å². The van der Waals surface area contributed by atoms with Crippen LogP contribution < -0.4 is 4.74 Å². The van der Waals surface area contributed by atoms with Crippen molar-refractivity contribution in [2.24, 2.45) is 0 Å². The summed E-state index contributed by atoms with van der Waals surface area (Å²) in [5.74, 6) is -0.174. The molecular weight excluding hydrogens is 491 g/mol. The van der Waals surface area contributed by atoms with Gasteiger partial charge in [0.1, 0.15) is 24.7 Å². The lowest BCUT2D eigenvalue weighted by Crippen LogP contribution is -2.48. The van der Waals surface area contributed by atoms with Crippen molar-refractivity contribution in [2.45, 2.75) is 32.2 Å². The average Bonchev–Trinajstić information content (AvgIpc) is 3.39. The molecule has 0 bridgehead atoms. The van der Waals surface area contributed by atoms with Crippen molar-refractivity contribution >= 4 is 23.2 Å². The van der Waals surface area contributed by atoms with Gasteiger partial charge in [0, 0.05) is 25.1 Å². The topological polar surface area (TPSA) is 59.1 Å². The molecule has 1 atom stereocenters. The van der Waals surface area contributed by atoms with Gasteiger partial charge >= 0.3 is 0 Å². The summed E-state index contributed by atoms with van der Waals surface area (Å²) in [7, 11) is 1.53.